The first kappa shape index (κ1) is 39.4. The molecular formula is C57H38Br2IN. The minimum absolute atomic E-state index is 1.08. The third kappa shape index (κ3) is 7.96. The summed E-state index contributed by atoms with van der Waals surface area (Å²) in [6, 6.07) is 77.9. The van der Waals surface area contributed by atoms with Crippen molar-refractivity contribution in [2.24, 2.45) is 0 Å². The number of halogens is 3. The Bertz CT molecular complexity index is 3290. The first-order valence-electron chi connectivity index (χ1n) is 20.4. The maximum Gasteiger partial charge on any atom is 0.0619 e. The van der Waals surface area contributed by atoms with E-state index < -0.39 is 0 Å². The van der Waals surface area contributed by atoms with Gasteiger partial charge in [0.05, 0.1) is 11.0 Å². The lowest BCUT2D eigenvalue weighted by molar-refractivity contribution is 1.19. The Morgan fingerprint density at radius 3 is 1.52 bits per heavy atom. The molecule has 11 aromatic rings. The van der Waals surface area contributed by atoms with Crippen molar-refractivity contribution >= 4 is 97.8 Å². The third-order valence-corrected chi connectivity index (χ3v) is 13.4. The van der Waals surface area contributed by atoms with Gasteiger partial charge in [-0.1, -0.05) is 196 Å². The van der Waals surface area contributed by atoms with E-state index in [1.165, 1.54) is 97.1 Å². The average molecular weight is 1020 g/mol. The van der Waals surface area contributed by atoms with Crippen LogP contribution in [-0.2, 0) is 6.42 Å². The fraction of sp³-hybridized carbons (Fsp3) is 0.0175. The van der Waals surface area contributed by atoms with Crippen LogP contribution in [0.2, 0.25) is 0 Å². The van der Waals surface area contributed by atoms with Crippen LogP contribution in [0.15, 0.2) is 227 Å². The summed E-state index contributed by atoms with van der Waals surface area (Å²) in [4.78, 5) is 0. The van der Waals surface area contributed by atoms with Crippen LogP contribution in [0, 0.1) is 3.57 Å². The van der Waals surface area contributed by atoms with Gasteiger partial charge in [0.15, 0.2) is 0 Å². The van der Waals surface area contributed by atoms with Gasteiger partial charge in [0.1, 0.15) is 0 Å². The number of nitrogens with zero attached hydrogens (tertiary/aromatic N) is 1. The normalized spacial score (nSPS) is 11.5. The molecule has 4 heteroatoms. The van der Waals surface area contributed by atoms with Crippen LogP contribution in [0.4, 0.5) is 0 Å². The quantitative estimate of drug-likeness (QED) is 0.155. The average Bonchev–Trinajstić information content (AvgIpc) is 3.87. The van der Waals surface area contributed by atoms with Crippen LogP contribution >= 0.6 is 54.5 Å². The molecule has 0 saturated carbocycles. The van der Waals surface area contributed by atoms with Gasteiger partial charge in [-0.05, 0) is 144 Å². The van der Waals surface area contributed by atoms with E-state index in [1.54, 1.807) is 0 Å². The number of benzene rings is 10. The molecule has 0 spiro atoms. The van der Waals surface area contributed by atoms with E-state index in [1.807, 2.05) is 0 Å². The zero-order valence-corrected chi connectivity index (χ0v) is 38.4. The number of hydrogen-bond acceptors (Lipinski definition) is 0. The molecule has 1 heterocycles. The molecule has 0 N–H and O–H groups in total. The highest BCUT2D eigenvalue weighted by Gasteiger charge is 2.19. The number of rotatable bonds is 3. The van der Waals surface area contributed by atoms with Gasteiger partial charge in [0.2, 0.25) is 0 Å². The largest absolute Gasteiger partial charge is 0.309 e. The van der Waals surface area contributed by atoms with Gasteiger partial charge in [-0.3, -0.25) is 0 Å². The van der Waals surface area contributed by atoms with E-state index >= 15 is 0 Å². The second-order valence-corrected chi connectivity index (χ2v) is 18.3. The van der Waals surface area contributed by atoms with Gasteiger partial charge < -0.3 is 4.57 Å². The maximum absolute atomic E-state index is 3.52. The summed E-state index contributed by atoms with van der Waals surface area (Å²) in [5, 5.41) is 7.88. The topological polar surface area (TPSA) is 4.93 Å². The van der Waals surface area contributed by atoms with Gasteiger partial charge in [0.25, 0.3) is 0 Å². The molecule has 0 bridgehead atoms. The molecule has 61 heavy (non-hydrogen) atoms. The highest BCUT2D eigenvalue weighted by molar-refractivity contribution is 14.1. The molecular weight excluding hydrogens is 985 g/mol. The zero-order valence-electron chi connectivity index (χ0n) is 33.1. The molecule has 0 amide bonds. The summed E-state index contributed by atoms with van der Waals surface area (Å²) in [5.41, 5.74) is 14.4. The van der Waals surface area contributed by atoms with Crippen molar-refractivity contribution in [3.63, 3.8) is 0 Å². The second kappa shape index (κ2) is 17.3. The van der Waals surface area contributed by atoms with Crippen molar-refractivity contribution in [2.45, 2.75) is 6.42 Å². The molecule has 0 aliphatic heterocycles. The van der Waals surface area contributed by atoms with E-state index in [0.29, 0.717) is 0 Å². The fourth-order valence-corrected chi connectivity index (χ4v) is 9.52. The molecule has 292 valence electrons. The van der Waals surface area contributed by atoms with Crippen molar-refractivity contribution in [1.29, 1.82) is 0 Å². The molecule has 0 saturated heterocycles. The highest BCUT2D eigenvalue weighted by Crippen LogP contribution is 2.40. The minimum atomic E-state index is 1.08. The van der Waals surface area contributed by atoms with Crippen molar-refractivity contribution in [2.75, 3.05) is 0 Å². The first-order chi connectivity index (χ1) is 30.0. The lowest BCUT2D eigenvalue weighted by Crippen LogP contribution is -1.94. The monoisotopic (exact) mass is 1020 g/mol. The van der Waals surface area contributed by atoms with Crippen LogP contribution < -0.4 is 0 Å². The van der Waals surface area contributed by atoms with E-state index in [9.17, 15) is 0 Å². The lowest BCUT2D eigenvalue weighted by Gasteiger charge is -2.11. The summed E-state index contributed by atoms with van der Waals surface area (Å²) in [5.74, 6) is 0. The SMILES string of the molecule is Brc1ccc(-c2ccc(-n3c4ccccc4c4ccc5ccccc5c43)cc2)cc1.Brc1ccc(-c2ccc(I)cc2)cc1.c1ccc2c(c1)Cc1c-2ccc2ccccc12. The summed E-state index contributed by atoms with van der Waals surface area (Å²) < 4.78 is 5.88. The Labute approximate surface area is 386 Å². The van der Waals surface area contributed by atoms with Gasteiger partial charge in [-0.25, -0.2) is 0 Å². The summed E-state index contributed by atoms with van der Waals surface area (Å²) >= 11 is 9.26. The van der Waals surface area contributed by atoms with Gasteiger partial charge in [-0.2, -0.15) is 0 Å². The smallest absolute Gasteiger partial charge is 0.0619 e. The zero-order chi connectivity index (χ0) is 41.3. The number of fused-ring (bicyclic) bond motifs is 10. The Kier molecular flexibility index (Phi) is 11.2. The molecule has 1 nitrogen and oxygen atoms in total. The van der Waals surface area contributed by atoms with Gasteiger partial charge in [0, 0.05) is 34.4 Å². The van der Waals surface area contributed by atoms with Crippen molar-refractivity contribution in [1.82, 2.24) is 4.57 Å². The van der Waals surface area contributed by atoms with Crippen LogP contribution in [0.5, 0.6) is 0 Å². The Morgan fingerprint density at radius 2 is 0.869 bits per heavy atom. The highest BCUT2D eigenvalue weighted by atomic mass is 127. The molecule has 1 aliphatic rings. The number of aromatic nitrogens is 1. The molecule has 10 aromatic carbocycles. The predicted octanol–water partition coefficient (Wildman–Crippen LogP) is 17.5. The third-order valence-electron chi connectivity index (χ3n) is 11.6. The standard InChI is InChI=1S/C28H18BrN.C17H12.C12H8BrI/c29-22-14-9-19(10-15-22)20-11-16-23(17-12-20)30-27-8-4-3-7-25(27)26-18-13-21-5-1-2-6-24(21)28(26)30;1-3-7-14-12(5-1)9-10-16-15-8-4-2-6-13(15)11-17(14)16;13-11-5-1-9(2-6-11)10-3-7-12(14)8-4-10/h1-18H;1-10H,11H2;1-8H. The number of hydrogen-bond donors (Lipinski definition) is 0. The molecule has 0 unspecified atom stereocenters. The number of para-hydroxylation sites is 1. The summed E-state index contributed by atoms with van der Waals surface area (Å²) in [6.45, 7) is 0. The van der Waals surface area contributed by atoms with Crippen molar-refractivity contribution < 1.29 is 0 Å². The lowest BCUT2D eigenvalue weighted by atomic mass is 9.99. The molecule has 1 aromatic heterocycles. The second-order valence-electron chi connectivity index (χ2n) is 15.2. The van der Waals surface area contributed by atoms with Crippen molar-refractivity contribution in [3.05, 3.63) is 242 Å². The van der Waals surface area contributed by atoms with Crippen LogP contribution in [-0.4, -0.2) is 4.57 Å². The minimum Gasteiger partial charge on any atom is -0.309 e. The summed E-state index contributed by atoms with van der Waals surface area (Å²) in [6.07, 6.45) is 1.08. The fourth-order valence-electron chi connectivity index (χ4n) is 8.63. The predicted molar refractivity (Wildman–Crippen MR) is 276 cm³/mol. The summed E-state index contributed by atoms with van der Waals surface area (Å²) in [7, 11) is 0. The Morgan fingerprint density at radius 1 is 0.377 bits per heavy atom. The van der Waals surface area contributed by atoms with Crippen LogP contribution in [0.3, 0.4) is 0 Å². The molecule has 12 rings (SSSR count). The van der Waals surface area contributed by atoms with E-state index in [4.69, 9.17) is 0 Å². The van der Waals surface area contributed by atoms with E-state index in [0.717, 1.165) is 15.4 Å². The van der Waals surface area contributed by atoms with E-state index in [2.05, 4.69) is 277 Å². The van der Waals surface area contributed by atoms with Gasteiger partial charge in [-0.15, -0.1) is 0 Å². The first-order valence-corrected chi connectivity index (χ1v) is 23.0. The Balaban J connectivity index is 0.000000121. The molecule has 1 aliphatic carbocycles. The Hall–Kier alpha value is -5.79. The van der Waals surface area contributed by atoms with Crippen molar-refractivity contribution in [3.8, 4) is 39.1 Å². The molecule has 0 radical (unpaired) electrons. The van der Waals surface area contributed by atoms with Gasteiger partial charge >= 0.3 is 0 Å². The molecule has 0 atom stereocenters. The van der Waals surface area contributed by atoms with E-state index in [-0.39, 0.29) is 0 Å². The molecule has 0 fully saturated rings. The van der Waals surface area contributed by atoms with Crippen LogP contribution in [0.1, 0.15) is 11.1 Å². The maximum atomic E-state index is 3.52. The van der Waals surface area contributed by atoms with Crippen LogP contribution in [0.25, 0.3) is 82.4 Å².